The molecule has 2 aliphatic rings. The molecular formula is C46H40Si. The number of allylic oxidation sites excluding steroid dienone is 2. The van der Waals surface area contributed by atoms with Gasteiger partial charge in [-0.1, -0.05) is 156 Å². The van der Waals surface area contributed by atoms with Crippen molar-refractivity contribution in [2.45, 2.75) is 40.5 Å². The molecule has 0 amide bonds. The third-order valence-corrected chi connectivity index (χ3v) is 15.6. The Morgan fingerprint density at radius 3 is 1.13 bits per heavy atom. The van der Waals surface area contributed by atoms with Crippen molar-refractivity contribution in [3.8, 4) is 22.3 Å². The van der Waals surface area contributed by atoms with Gasteiger partial charge in [0.05, 0.1) is 0 Å². The first-order chi connectivity index (χ1) is 23.0. The summed E-state index contributed by atoms with van der Waals surface area (Å²) in [5.41, 5.74) is 16.5. The highest BCUT2D eigenvalue weighted by molar-refractivity contribution is 7.13. The first-order valence-electron chi connectivity index (χ1n) is 16.9. The van der Waals surface area contributed by atoms with E-state index in [-0.39, 0.29) is 0 Å². The highest BCUT2D eigenvalue weighted by Crippen LogP contribution is 2.45. The second kappa shape index (κ2) is 11.7. The Morgan fingerprint density at radius 2 is 0.745 bits per heavy atom. The van der Waals surface area contributed by atoms with E-state index in [4.69, 9.17) is 0 Å². The van der Waals surface area contributed by atoms with Gasteiger partial charge in [0.2, 0.25) is 0 Å². The van der Waals surface area contributed by atoms with Crippen LogP contribution in [0.4, 0.5) is 0 Å². The molecule has 0 aliphatic heterocycles. The van der Waals surface area contributed by atoms with Crippen molar-refractivity contribution in [2.75, 3.05) is 0 Å². The summed E-state index contributed by atoms with van der Waals surface area (Å²) < 4.78 is 0. The van der Waals surface area contributed by atoms with E-state index in [1.54, 1.807) is 10.4 Å². The average Bonchev–Trinajstić information content (AvgIpc) is 3.72. The lowest BCUT2D eigenvalue weighted by Gasteiger charge is -2.36. The molecule has 0 N–H and O–H groups in total. The van der Waals surface area contributed by atoms with Crippen molar-refractivity contribution in [1.29, 1.82) is 0 Å². The molecule has 0 bridgehead atoms. The minimum Gasteiger partial charge on any atom is -0.0626 e. The Bertz CT molecular complexity index is 2020. The fraction of sp³-hybridized carbons (Fsp3) is 0.130. The third-order valence-electron chi connectivity index (χ3n) is 10.7. The molecule has 6 aromatic carbocycles. The van der Waals surface area contributed by atoms with Gasteiger partial charge in [0.15, 0.2) is 8.07 Å². The predicted molar refractivity (Wildman–Crippen MR) is 204 cm³/mol. The molecule has 0 heterocycles. The van der Waals surface area contributed by atoms with E-state index in [9.17, 15) is 0 Å². The van der Waals surface area contributed by atoms with Crippen LogP contribution in [-0.2, 0) is 12.8 Å². The quantitative estimate of drug-likeness (QED) is 0.163. The van der Waals surface area contributed by atoms with E-state index in [0.29, 0.717) is 0 Å². The summed E-state index contributed by atoms with van der Waals surface area (Å²) in [7, 11) is -2.66. The van der Waals surface area contributed by atoms with Gasteiger partial charge in [-0.05, 0) is 118 Å². The van der Waals surface area contributed by atoms with Gasteiger partial charge in [0.25, 0.3) is 0 Å². The van der Waals surface area contributed by atoms with Crippen molar-refractivity contribution in [1.82, 2.24) is 0 Å². The van der Waals surface area contributed by atoms with E-state index in [0.717, 1.165) is 12.8 Å². The molecule has 0 saturated carbocycles. The zero-order chi connectivity index (χ0) is 32.1. The van der Waals surface area contributed by atoms with E-state index in [2.05, 4.69) is 173 Å². The van der Waals surface area contributed by atoms with E-state index < -0.39 is 8.07 Å². The topological polar surface area (TPSA) is 0 Å². The van der Waals surface area contributed by atoms with Crippen LogP contribution in [-0.4, -0.2) is 8.07 Å². The zero-order valence-electron chi connectivity index (χ0n) is 27.8. The minimum absolute atomic E-state index is 0.974. The van der Waals surface area contributed by atoms with Crippen LogP contribution in [0.5, 0.6) is 0 Å². The second-order valence-corrected chi connectivity index (χ2v) is 17.4. The summed E-state index contributed by atoms with van der Waals surface area (Å²) in [6.07, 6.45) is 7.17. The maximum Gasteiger partial charge on any atom is 0.172 e. The van der Waals surface area contributed by atoms with Gasteiger partial charge in [-0.3, -0.25) is 0 Å². The molecule has 0 saturated heterocycles. The molecule has 228 valence electrons. The minimum atomic E-state index is -2.66. The van der Waals surface area contributed by atoms with Gasteiger partial charge in [-0.2, -0.15) is 0 Å². The lowest BCUT2D eigenvalue weighted by molar-refractivity contribution is 1.23. The van der Waals surface area contributed by atoms with Crippen LogP contribution in [0, 0.1) is 27.7 Å². The highest BCUT2D eigenvalue weighted by Gasteiger charge is 2.47. The molecule has 0 aromatic heterocycles. The van der Waals surface area contributed by atoms with Crippen LogP contribution < -0.4 is 10.4 Å². The molecule has 0 atom stereocenters. The normalized spacial score (nSPS) is 13.6. The molecule has 47 heavy (non-hydrogen) atoms. The van der Waals surface area contributed by atoms with Crippen molar-refractivity contribution < 1.29 is 0 Å². The van der Waals surface area contributed by atoms with E-state index in [1.165, 1.54) is 77.1 Å². The molecule has 0 radical (unpaired) electrons. The van der Waals surface area contributed by atoms with Crippen LogP contribution in [0.25, 0.3) is 34.4 Å². The summed E-state index contributed by atoms with van der Waals surface area (Å²) in [6.45, 7) is 9.01. The lowest BCUT2D eigenvalue weighted by Crippen LogP contribution is -2.62. The first-order valence-corrected chi connectivity index (χ1v) is 18.9. The molecule has 0 fully saturated rings. The van der Waals surface area contributed by atoms with Crippen molar-refractivity contribution in [3.05, 3.63) is 188 Å². The molecule has 1 heteroatoms. The zero-order valence-corrected chi connectivity index (χ0v) is 28.8. The SMILES string of the molecule is Cc1cccc(C)c1-c1cccc2c1C=C([Si](C1=Cc3c(cccc3-c3c(C)cccc3C)C1)(c1ccccc1)c1ccccc1)C2. The van der Waals surface area contributed by atoms with Crippen LogP contribution >= 0.6 is 0 Å². The third kappa shape index (κ3) is 4.72. The Morgan fingerprint density at radius 1 is 0.383 bits per heavy atom. The maximum absolute atomic E-state index is 2.66. The molecule has 6 aromatic rings. The molecule has 0 unspecified atom stereocenters. The predicted octanol–water partition coefficient (Wildman–Crippen LogP) is 10.2. The maximum atomic E-state index is 2.61. The number of hydrogen-bond acceptors (Lipinski definition) is 0. The number of benzene rings is 6. The van der Waals surface area contributed by atoms with Crippen LogP contribution in [0.2, 0.25) is 0 Å². The summed E-state index contributed by atoms with van der Waals surface area (Å²) >= 11 is 0. The number of rotatable bonds is 6. The Labute approximate surface area is 280 Å². The lowest BCUT2D eigenvalue weighted by atomic mass is 9.91. The fourth-order valence-corrected chi connectivity index (χ4v) is 13.9. The molecule has 8 rings (SSSR count). The Balaban J connectivity index is 1.40. The molecule has 0 nitrogen and oxygen atoms in total. The van der Waals surface area contributed by atoms with Crippen molar-refractivity contribution in [2.24, 2.45) is 0 Å². The summed E-state index contributed by atoms with van der Waals surface area (Å²) in [5.74, 6) is 0. The number of hydrogen-bond donors (Lipinski definition) is 0. The van der Waals surface area contributed by atoms with Gasteiger partial charge < -0.3 is 0 Å². The summed E-state index contributed by atoms with van der Waals surface area (Å²) in [5, 5.41) is 6.09. The largest absolute Gasteiger partial charge is 0.172 e. The standard InChI is InChI=1S/C46H40Si/c1-31-15-11-16-32(2)45(31)41-25-13-19-35-27-39(29-43(35)41)47(37-21-7-5-8-22-37,38-23-9-6-10-24-38)40-28-36-20-14-26-42(44(36)30-40)46-33(3)17-12-18-34(46)4/h5-26,29-30H,27-28H2,1-4H3. The Hall–Kier alpha value is -4.98. The summed E-state index contributed by atoms with van der Waals surface area (Å²) in [4.78, 5) is 0. The smallest absolute Gasteiger partial charge is 0.0626 e. The first kappa shape index (κ1) is 29.4. The molecular weight excluding hydrogens is 581 g/mol. The van der Waals surface area contributed by atoms with Gasteiger partial charge in [-0.15, -0.1) is 0 Å². The Kier molecular flexibility index (Phi) is 7.31. The highest BCUT2D eigenvalue weighted by atomic mass is 28.3. The average molecular weight is 621 g/mol. The number of aryl methyl sites for hydroxylation is 4. The van der Waals surface area contributed by atoms with Crippen LogP contribution in [0.3, 0.4) is 0 Å². The fourth-order valence-electron chi connectivity index (χ4n) is 8.62. The summed E-state index contributed by atoms with van der Waals surface area (Å²) in [6, 6.07) is 50.3. The molecule has 2 aliphatic carbocycles. The van der Waals surface area contributed by atoms with Gasteiger partial charge in [0, 0.05) is 0 Å². The number of fused-ring (bicyclic) bond motifs is 2. The monoisotopic (exact) mass is 620 g/mol. The second-order valence-electron chi connectivity index (χ2n) is 13.5. The van der Waals surface area contributed by atoms with Crippen LogP contribution in [0.15, 0.2) is 144 Å². The van der Waals surface area contributed by atoms with Crippen LogP contribution in [0.1, 0.15) is 44.5 Å². The van der Waals surface area contributed by atoms with E-state index >= 15 is 0 Å². The van der Waals surface area contributed by atoms with Crippen molar-refractivity contribution >= 4 is 30.6 Å². The van der Waals surface area contributed by atoms with Gasteiger partial charge in [-0.25, -0.2) is 0 Å². The van der Waals surface area contributed by atoms with Gasteiger partial charge in [0.1, 0.15) is 0 Å². The molecule has 0 spiro atoms. The van der Waals surface area contributed by atoms with Crippen molar-refractivity contribution in [3.63, 3.8) is 0 Å². The van der Waals surface area contributed by atoms with E-state index in [1.807, 2.05) is 0 Å². The van der Waals surface area contributed by atoms with Gasteiger partial charge >= 0.3 is 0 Å².